The van der Waals surface area contributed by atoms with Gasteiger partial charge in [0.25, 0.3) is 0 Å². The molecule has 1 aliphatic rings. The quantitative estimate of drug-likeness (QED) is 0.651. The lowest BCUT2D eigenvalue weighted by molar-refractivity contribution is -0.121. The smallest absolute Gasteiger partial charge is 0.221 e. The van der Waals surface area contributed by atoms with Crippen molar-refractivity contribution in [2.45, 2.75) is 25.3 Å². The van der Waals surface area contributed by atoms with Crippen LogP contribution in [0.2, 0.25) is 0 Å². The van der Waals surface area contributed by atoms with Crippen LogP contribution in [-0.4, -0.2) is 63.8 Å². The summed E-state index contributed by atoms with van der Waals surface area (Å²) in [6.45, 7) is 4.45. The topological polar surface area (TPSA) is 53.6 Å². The molecule has 1 heterocycles. The summed E-state index contributed by atoms with van der Waals surface area (Å²) < 4.78 is 5.02. The van der Waals surface area contributed by atoms with Crippen molar-refractivity contribution in [3.05, 3.63) is 0 Å². The van der Waals surface area contributed by atoms with Crippen LogP contribution in [0.3, 0.4) is 0 Å². The number of rotatable bonds is 7. The predicted octanol–water partition coefficient (Wildman–Crippen LogP) is -0.177. The molecule has 1 fully saturated rings. The Bertz CT molecular complexity index is 224. The first-order valence-electron chi connectivity index (χ1n) is 6.40. The minimum Gasteiger partial charge on any atom is -0.383 e. The van der Waals surface area contributed by atoms with Gasteiger partial charge in [-0.1, -0.05) is 0 Å². The Morgan fingerprint density at radius 1 is 1.53 bits per heavy atom. The van der Waals surface area contributed by atoms with Gasteiger partial charge in [-0.05, 0) is 19.9 Å². The predicted molar refractivity (Wildman–Crippen MR) is 68.0 cm³/mol. The molecule has 0 bridgehead atoms. The Balaban J connectivity index is 2.10. The number of hydrogen-bond donors (Lipinski definition) is 2. The van der Waals surface area contributed by atoms with E-state index in [2.05, 4.69) is 22.6 Å². The van der Waals surface area contributed by atoms with Crippen molar-refractivity contribution in [1.82, 2.24) is 15.5 Å². The maximum atomic E-state index is 11.4. The molecule has 100 valence electrons. The Kier molecular flexibility index (Phi) is 7.16. The summed E-state index contributed by atoms with van der Waals surface area (Å²) in [6, 6.07) is 0.341. The number of nitrogens with zero attached hydrogens (tertiary/aromatic N) is 1. The molecular formula is C12H25N3O2. The van der Waals surface area contributed by atoms with Crippen molar-refractivity contribution < 1.29 is 9.53 Å². The van der Waals surface area contributed by atoms with Crippen LogP contribution in [0, 0.1) is 0 Å². The van der Waals surface area contributed by atoms with Gasteiger partial charge in [0.05, 0.1) is 6.61 Å². The SMILES string of the molecule is COCCN(C)CCNC1CCCNC(=O)C1. The molecule has 0 spiro atoms. The summed E-state index contributed by atoms with van der Waals surface area (Å²) in [4.78, 5) is 13.6. The van der Waals surface area contributed by atoms with Gasteiger partial charge in [0.2, 0.25) is 5.91 Å². The highest BCUT2D eigenvalue weighted by Crippen LogP contribution is 2.05. The van der Waals surface area contributed by atoms with Gasteiger partial charge in [0.1, 0.15) is 0 Å². The van der Waals surface area contributed by atoms with E-state index in [4.69, 9.17) is 4.74 Å². The van der Waals surface area contributed by atoms with Crippen molar-refractivity contribution in [2.24, 2.45) is 0 Å². The van der Waals surface area contributed by atoms with Crippen LogP contribution in [0.5, 0.6) is 0 Å². The zero-order chi connectivity index (χ0) is 12.5. The van der Waals surface area contributed by atoms with Crippen molar-refractivity contribution >= 4 is 5.91 Å². The fourth-order valence-electron chi connectivity index (χ4n) is 1.97. The number of amides is 1. The Labute approximate surface area is 104 Å². The maximum absolute atomic E-state index is 11.4. The van der Waals surface area contributed by atoms with Crippen LogP contribution in [0.25, 0.3) is 0 Å². The van der Waals surface area contributed by atoms with E-state index in [1.54, 1.807) is 7.11 Å². The molecule has 0 aromatic rings. The Morgan fingerprint density at radius 2 is 2.35 bits per heavy atom. The summed E-state index contributed by atoms with van der Waals surface area (Å²) in [5, 5.41) is 6.35. The largest absolute Gasteiger partial charge is 0.383 e. The van der Waals surface area contributed by atoms with Gasteiger partial charge < -0.3 is 20.3 Å². The molecular weight excluding hydrogens is 218 g/mol. The molecule has 0 aliphatic carbocycles. The minimum atomic E-state index is 0.174. The second-order valence-corrected chi connectivity index (χ2v) is 4.64. The lowest BCUT2D eigenvalue weighted by Gasteiger charge is -2.19. The van der Waals surface area contributed by atoms with E-state index < -0.39 is 0 Å². The zero-order valence-corrected chi connectivity index (χ0v) is 11.0. The van der Waals surface area contributed by atoms with Gasteiger partial charge in [-0.15, -0.1) is 0 Å². The molecule has 0 radical (unpaired) electrons. The van der Waals surface area contributed by atoms with E-state index in [1.807, 2.05) is 0 Å². The van der Waals surface area contributed by atoms with Gasteiger partial charge in [0.15, 0.2) is 0 Å². The van der Waals surface area contributed by atoms with Crippen LogP contribution in [0.4, 0.5) is 0 Å². The van der Waals surface area contributed by atoms with E-state index in [0.717, 1.165) is 45.6 Å². The fraction of sp³-hybridized carbons (Fsp3) is 0.917. The van der Waals surface area contributed by atoms with Gasteiger partial charge in [-0.3, -0.25) is 4.79 Å². The summed E-state index contributed by atoms with van der Waals surface area (Å²) >= 11 is 0. The third kappa shape index (κ3) is 6.61. The highest BCUT2D eigenvalue weighted by molar-refractivity contribution is 5.76. The maximum Gasteiger partial charge on any atom is 0.221 e. The normalized spacial score (nSPS) is 21.4. The lowest BCUT2D eigenvalue weighted by atomic mass is 10.1. The van der Waals surface area contributed by atoms with E-state index in [9.17, 15) is 4.79 Å². The van der Waals surface area contributed by atoms with Crippen molar-refractivity contribution in [3.63, 3.8) is 0 Å². The minimum absolute atomic E-state index is 0.174. The van der Waals surface area contributed by atoms with E-state index in [0.29, 0.717) is 12.5 Å². The van der Waals surface area contributed by atoms with Gasteiger partial charge in [-0.25, -0.2) is 0 Å². The summed E-state index contributed by atoms with van der Waals surface area (Å²) in [6.07, 6.45) is 2.77. The summed E-state index contributed by atoms with van der Waals surface area (Å²) in [7, 11) is 3.80. The Morgan fingerprint density at radius 3 is 3.12 bits per heavy atom. The molecule has 1 aliphatic heterocycles. The summed E-state index contributed by atoms with van der Waals surface area (Å²) in [5.41, 5.74) is 0. The van der Waals surface area contributed by atoms with Crippen LogP contribution in [0.1, 0.15) is 19.3 Å². The van der Waals surface area contributed by atoms with Gasteiger partial charge in [0, 0.05) is 45.8 Å². The standard InChI is InChI=1S/C12H25N3O2/c1-15(8-9-17-2)7-6-13-11-4-3-5-14-12(16)10-11/h11,13H,3-10H2,1-2H3,(H,14,16). The first-order valence-corrected chi connectivity index (χ1v) is 6.40. The molecule has 1 saturated heterocycles. The number of likely N-dealkylation sites (N-methyl/N-ethyl adjacent to an activating group) is 1. The van der Waals surface area contributed by atoms with E-state index in [1.165, 1.54) is 0 Å². The summed E-state index contributed by atoms with van der Waals surface area (Å²) in [5.74, 6) is 0.174. The monoisotopic (exact) mass is 243 g/mol. The fourth-order valence-corrected chi connectivity index (χ4v) is 1.97. The Hall–Kier alpha value is -0.650. The average molecular weight is 243 g/mol. The molecule has 2 N–H and O–H groups in total. The number of methoxy groups -OCH3 is 1. The molecule has 1 atom stereocenters. The number of ether oxygens (including phenoxy) is 1. The van der Waals surface area contributed by atoms with E-state index >= 15 is 0 Å². The average Bonchev–Trinajstić information content (AvgIpc) is 2.51. The second-order valence-electron chi connectivity index (χ2n) is 4.64. The molecule has 1 amide bonds. The molecule has 0 aromatic heterocycles. The molecule has 5 heteroatoms. The van der Waals surface area contributed by atoms with Crippen LogP contribution in [-0.2, 0) is 9.53 Å². The third-order valence-corrected chi connectivity index (χ3v) is 3.09. The van der Waals surface area contributed by atoms with Crippen molar-refractivity contribution in [1.29, 1.82) is 0 Å². The highest BCUT2D eigenvalue weighted by Gasteiger charge is 2.16. The molecule has 1 unspecified atom stereocenters. The number of nitrogens with one attached hydrogen (secondary N) is 2. The molecule has 17 heavy (non-hydrogen) atoms. The third-order valence-electron chi connectivity index (χ3n) is 3.09. The first-order chi connectivity index (χ1) is 8.22. The number of carbonyl (C=O) groups excluding carboxylic acids is 1. The lowest BCUT2D eigenvalue weighted by Crippen LogP contribution is -2.38. The molecule has 5 nitrogen and oxygen atoms in total. The second kappa shape index (κ2) is 8.44. The highest BCUT2D eigenvalue weighted by atomic mass is 16.5. The van der Waals surface area contributed by atoms with Crippen molar-refractivity contribution in [2.75, 3.05) is 46.9 Å². The molecule has 1 rings (SSSR count). The van der Waals surface area contributed by atoms with Crippen LogP contribution in [0.15, 0.2) is 0 Å². The van der Waals surface area contributed by atoms with Crippen LogP contribution < -0.4 is 10.6 Å². The molecule has 0 aromatic carbocycles. The van der Waals surface area contributed by atoms with Crippen molar-refractivity contribution in [3.8, 4) is 0 Å². The molecule has 0 saturated carbocycles. The van der Waals surface area contributed by atoms with Gasteiger partial charge >= 0.3 is 0 Å². The van der Waals surface area contributed by atoms with E-state index in [-0.39, 0.29) is 5.91 Å². The van der Waals surface area contributed by atoms with Gasteiger partial charge in [-0.2, -0.15) is 0 Å². The van der Waals surface area contributed by atoms with Crippen LogP contribution >= 0.6 is 0 Å². The zero-order valence-electron chi connectivity index (χ0n) is 11.0. The first kappa shape index (κ1) is 14.4. The number of carbonyl (C=O) groups is 1. The number of hydrogen-bond acceptors (Lipinski definition) is 4.